The molecule has 0 aromatic rings. The maximum Gasteiger partial charge on any atom is 0.0897 e. The minimum atomic E-state index is -0.436. The molecule has 2 N–H and O–H groups in total. The monoisotopic (exact) mass is 259 g/mol. The Hall–Kier alpha value is -0.200. The molecule has 2 heterocycles. The SMILES string of the molecule is OC(CNC1CCOCC1)COCC1CCCO1. The van der Waals surface area contributed by atoms with Crippen LogP contribution in [0.5, 0.6) is 0 Å². The summed E-state index contributed by atoms with van der Waals surface area (Å²) < 4.78 is 16.2. The molecule has 0 amide bonds. The van der Waals surface area contributed by atoms with Crippen LogP contribution in [-0.4, -0.2) is 62.9 Å². The Kier molecular flexibility index (Phi) is 6.37. The highest BCUT2D eigenvalue weighted by molar-refractivity contribution is 4.72. The third kappa shape index (κ3) is 5.20. The number of hydrogen-bond acceptors (Lipinski definition) is 5. The fraction of sp³-hybridized carbons (Fsp3) is 1.00. The summed E-state index contributed by atoms with van der Waals surface area (Å²) in [5.74, 6) is 0. The van der Waals surface area contributed by atoms with Gasteiger partial charge in [0.25, 0.3) is 0 Å². The second-order valence-corrected chi connectivity index (χ2v) is 5.12. The first-order valence-corrected chi connectivity index (χ1v) is 7.03. The molecule has 0 aliphatic carbocycles. The zero-order valence-corrected chi connectivity index (χ0v) is 11.0. The van der Waals surface area contributed by atoms with Crippen molar-refractivity contribution >= 4 is 0 Å². The highest BCUT2D eigenvalue weighted by Crippen LogP contribution is 2.12. The number of nitrogens with one attached hydrogen (secondary N) is 1. The van der Waals surface area contributed by atoms with E-state index in [4.69, 9.17) is 14.2 Å². The molecule has 2 saturated heterocycles. The second kappa shape index (κ2) is 8.07. The molecule has 5 nitrogen and oxygen atoms in total. The van der Waals surface area contributed by atoms with E-state index >= 15 is 0 Å². The van der Waals surface area contributed by atoms with Crippen molar-refractivity contribution in [2.45, 2.75) is 43.9 Å². The smallest absolute Gasteiger partial charge is 0.0897 e. The predicted octanol–water partition coefficient (Wildman–Crippen LogP) is 0.311. The normalized spacial score (nSPS) is 27.5. The van der Waals surface area contributed by atoms with E-state index in [2.05, 4.69) is 5.32 Å². The van der Waals surface area contributed by atoms with Crippen LogP contribution in [0, 0.1) is 0 Å². The van der Waals surface area contributed by atoms with E-state index in [1.165, 1.54) is 0 Å². The minimum absolute atomic E-state index is 0.237. The van der Waals surface area contributed by atoms with Crippen molar-refractivity contribution in [1.82, 2.24) is 5.32 Å². The van der Waals surface area contributed by atoms with Gasteiger partial charge in [0.05, 0.1) is 25.4 Å². The number of hydrogen-bond donors (Lipinski definition) is 2. The summed E-state index contributed by atoms with van der Waals surface area (Å²) in [5, 5.41) is 13.2. The molecular weight excluding hydrogens is 234 g/mol. The summed E-state index contributed by atoms with van der Waals surface area (Å²) in [5.41, 5.74) is 0. The fourth-order valence-corrected chi connectivity index (χ4v) is 2.37. The Labute approximate surface area is 109 Å². The lowest BCUT2D eigenvalue weighted by Crippen LogP contribution is -2.40. The number of aliphatic hydroxyl groups is 1. The molecule has 2 aliphatic rings. The zero-order valence-electron chi connectivity index (χ0n) is 11.0. The van der Waals surface area contributed by atoms with Gasteiger partial charge >= 0.3 is 0 Å². The first-order valence-electron chi connectivity index (χ1n) is 7.03. The summed E-state index contributed by atoms with van der Waals surface area (Å²) in [6, 6.07) is 0.478. The predicted molar refractivity (Wildman–Crippen MR) is 67.6 cm³/mol. The topological polar surface area (TPSA) is 60.0 Å². The number of rotatable bonds is 7. The van der Waals surface area contributed by atoms with Crippen molar-refractivity contribution in [2.24, 2.45) is 0 Å². The van der Waals surface area contributed by atoms with Crippen LogP contribution < -0.4 is 5.32 Å². The Balaban J connectivity index is 1.47. The molecule has 18 heavy (non-hydrogen) atoms. The van der Waals surface area contributed by atoms with Gasteiger partial charge in [0.2, 0.25) is 0 Å². The van der Waals surface area contributed by atoms with Gasteiger partial charge < -0.3 is 24.6 Å². The zero-order chi connectivity index (χ0) is 12.6. The van der Waals surface area contributed by atoms with Gasteiger partial charge in [0, 0.05) is 32.4 Å². The highest BCUT2D eigenvalue weighted by Gasteiger charge is 2.17. The van der Waals surface area contributed by atoms with Gasteiger partial charge in [-0.1, -0.05) is 0 Å². The van der Waals surface area contributed by atoms with Crippen molar-refractivity contribution in [3.05, 3.63) is 0 Å². The molecule has 5 heteroatoms. The average molecular weight is 259 g/mol. The Bertz CT molecular complexity index is 215. The third-order valence-corrected chi connectivity index (χ3v) is 3.50. The van der Waals surface area contributed by atoms with Crippen LogP contribution in [-0.2, 0) is 14.2 Å². The Morgan fingerprint density at radius 2 is 2.06 bits per heavy atom. The molecule has 2 fully saturated rings. The van der Waals surface area contributed by atoms with E-state index in [1.54, 1.807) is 0 Å². The number of ether oxygens (including phenoxy) is 3. The molecule has 0 spiro atoms. The lowest BCUT2D eigenvalue weighted by atomic mass is 10.1. The molecule has 2 unspecified atom stereocenters. The van der Waals surface area contributed by atoms with Crippen LogP contribution in [0.15, 0.2) is 0 Å². The maximum absolute atomic E-state index is 9.79. The van der Waals surface area contributed by atoms with Crippen LogP contribution >= 0.6 is 0 Å². The molecule has 2 atom stereocenters. The summed E-state index contributed by atoms with van der Waals surface area (Å²) in [4.78, 5) is 0. The van der Waals surface area contributed by atoms with Crippen molar-refractivity contribution in [3.8, 4) is 0 Å². The Morgan fingerprint density at radius 3 is 2.78 bits per heavy atom. The van der Waals surface area contributed by atoms with E-state index in [-0.39, 0.29) is 6.10 Å². The van der Waals surface area contributed by atoms with Gasteiger partial charge in [0.15, 0.2) is 0 Å². The van der Waals surface area contributed by atoms with Crippen LogP contribution in [0.3, 0.4) is 0 Å². The van der Waals surface area contributed by atoms with Gasteiger partial charge in [0.1, 0.15) is 0 Å². The van der Waals surface area contributed by atoms with Gasteiger partial charge in [-0.25, -0.2) is 0 Å². The highest BCUT2D eigenvalue weighted by atomic mass is 16.5. The third-order valence-electron chi connectivity index (χ3n) is 3.50. The van der Waals surface area contributed by atoms with Crippen molar-refractivity contribution in [2.75, 3.05) is 39.6 Å². The molecule has 2 aliphatic heterocycles. The maximum atomic E-state index is 9.79. The van der Waals surface area contributed by atoms with Crippen LogP contribution in [0.4, 0.5) is 0 Å². The van der Waals surface area contributed by atoms with E-state index < -0.39 is 6.10 Å². The van der Waals surface area contributed by atoms with Gasteiger partial charge in [-0.3, -0.25) is 0 Å². The molecule has 0 radical (unpaired) electrons. The molecule has 0 bridgehead atoms. The van der Waals surface area contributed by atoms with Crippen LogP contribution in [0.2, 0.25) is 0 Å². The first kappa shape index (κ1) is 14.2. The second-order valence-electron chi connectivity index (χ2n) is 5.12. The van der Waals surface area contributed by atoms with E-state index in [0.29, 0.717) is 25.8 Å². The number of aliphatic hydroxyl groups excluding tert-OH is 1. The molecule has 0 aromatic carbocycles. The van der Waals surface area contributed by atoms with Crippen molar-refractivity contribution < 1.29 is 19.3 Å². The lowest BCUT2D eigenvalue weighted by molar-refractivity contribution is -0.0180. The fourth-order valence-electron chi connectivity index (χ4n) is 2.37. The van der Waals surface area contributed by atoms with Crippen molar-refractivity contribution in [1.29, 1.82) is 0 Å². The summed E-state index contributed by atoms with van der Waals surface area (Å²) in [6.45, 7) is 4.08. The van der Waals surface area contributed by atoms with Crippen LogP contribution in [0.25, 0.3) is 0 Å². The molecule has 0 aromatic heterocycles. The molecule has 2 rings (SSSR count). The largest absolute Gasteiger partial charge is 0.389 e. The average Bonchev–Trinajstić information content (AvgIpc) is 2.91. The quantitative estimate of drug-likeness (QED) is 0.689. The molecular formula is C13H25NO4. The minimum Gasteiger partial charge on any atom is -0.389 e. The van der Waals surface area contributed by atoms with Crippen LogP contribution in [0.1, 0.15) is 25.7 Å². The van der Waals surface area contributed by atoms with Gasteiger partial charge in [-0.2, -0.15) is 0 Å². The van der Waals surface area contributed by atoms with Gasteiger partial charge in [-0.15, -0.1) is 0 Å². The molecule has 0 saturated carbocycles. The standard InChI is InChI=1S/C13H25NO4/c15-12(8-14-11-3-6-16-7-4-11)9-17-10-13-2-1-5-18-13/h11-15H,1-10H2. The van der Waals surface area contributed by atoms with E-state index in [1.807, 2.05) is 0 Å². The summed E-state index contributed by atoms with van der Waals surface area (Å²) >= 11 is 0. The van der Waals surface area contributed by atoms with E-state index in [0.717, 1.165) is 45.5 Å². The lowest BCUT2D eigenvalue weighted by Gasteiger charge is -2.24. The van der Waals surface area contributed by atoms with Crippen molar-refractivity contribution in [3.63, 3.8) is 0 Å². The Morgan fingerprint density at radius 1 is 1.22 bits per heavy atom. The molecule has 106 valence electrons. The van der Waals surface area contributed by atoms with E-state index in [9.17, 15) is 5.11 Å². The summed E-state index contributed by atoms with van der Waals surface area (Å²) in [7, 11) is 0. The summed E-state index contributed by atoms with van der Waals surface area (Å²) in [6.07, 6.45) is 4.07. The first-order chi connectivity index (χ1) is 8.84. The van der Waals surface area contributed by atoms with Gasteiger partial charge in [-0.05, 0) is 25.7 Å².